The highest BCUT2D eigenvalue weighted by molar-refractivity contribution is 5.85. The number of nitrogens with zero attached hydrogens (tertiary/aromatic N) is 2. The van der Waals surface area contributed by atoms with Crippen molar-refractivity contribution in [1.82, 2.24) is 4.90 Å². The maximum atomic E-state index is 12.0. The van der Waals surface area contributed by atoms with E-state index in [9.17, 15) is 19.8 Å². The summed E-state index contributed by atoms with van der Waals surface area (Å²) in [5.74, 6) is -0.563. The summed E-state index contributed by atoms with van der Waals surface area (Å²) in [6.45, 7) is 0.418. The Hall–Kier alpha value is -3.53. The van der Waals surface area contributed by atoms with Crippen LogP contribution >= 0.6 is 0 Å². The van der Waals surface area contributed by atoms with Crippen LogP contribution in [-0.4, -0.2) is 32.7 Å². The molecule has 7 heteroatoms. The van der Waals surface area contributed by atoms with Gasteiger partial charge in [0, 0.05) is 6.42 Å². The van der Waals surface area contributed by atoms with Crippen LogP contribution in [0.4, 0.5) is 4.79 Å². The minimum Gasteiger partial charge on any atom is -0.489 e. The molecule has 3 rings (SSSR count). The van der Waals surface area contributed by atoms with Crippen LogP contribution in [0.3, 0.4) is 0 Å². The van der Waals surface area contributed by atoms with E-state index in [1.54, 1.807) is 24.3 Å². The van der Waals surface area contributed by atoms with Crippen molar-refractivity contribution in [1.29, 1.82) is 5.26 Å². The van der Waals surface area contributed by atoms with Gasteiger partial charge in [-0.15, -0.1) is 0 Å². The SMILES string of the molecule is N#CCC[C@@]1(C(=O)O)CC[C@H](c2ccc(OCc3ccccc3)cc2)N1C(=O)O. The lowest BCUT2D eigenvalue weighted by atomic mass is 9.91. The Labute approximate surface area is 168 Å². The Morgan fingerprint density at radius 3 is 2.41 bits per heavy atom. The zero-order chi connectivity index (χ0) is 20.9. The molecule has 1 fully saturated rings. The number of benzene rings is 2. The highest BCUT2D eigenvalue weighted by Gasteiger charge is 2.54. The third kappa shape index (κ3) is 4.16. The van der Waals surface area contributed by atoms with E-state index in [4.69, 9.17) is 10.00 Å². The zero-order valence-electron chi connectivity index (χ0n) is 15.8. The highest BCUT2D eigenvalue weighted by atomic mass is 16.5. The van der Waals surface area contributed by atoms with E-state index in [1.807, 2.05) is 36.4 Å². The molecule has 2 aromatic rings. The minimum absolute atomic E-state index is 0.0188. The van der Waals surface area contributed by atoms with Gasteiger partial charge in [0.2, 0.25) is 0 Å². The number of amides is 1. The summed E-state index contributed by atoms with van der Waals surface area (Å²) >= 11 is 0. The predicted molar refractivity (Wildman–Crippen MR) is 104 cm³/mol. The van der Waals surface area contributed by atoms with E-state index >= 15 is 0 Å². The fourth-order valence-corrected chi connectivity index (χ4v) is 3.91. The second kappa shape index (κ2) is 8.65. The summed E-state index contributed by atoms with van der Waals surface area (Å²) < 4.78 is 5.76. The third-order valence-corrected chi connectivity index (χ3v) is 5.37. The van der Waals surface area contributed by atoms with Gasteiger partial charge in [0.25, 0.3) is 0 Å². The van der Waals surface area contributed by atoms with Crippen molar-refractivity contribution >= 4 is 12.1 Å². The second-order valence-corrected chi connectivity index (χ2v) is 7.05. The highest BCUT2D eigenvalue weighted by Crippen LogP contribution is 2.45. The lowest BCUT2D eigenvalue weighted by Gasteiger charge is -2.35. The van der Waals surface area contributed by atoms with E-state index in [0.717, 1.165) is 10.5 Å². The molecule has 1 heterocycles. The number of hydrogen-bond acceptors (Lipinski definition) is 4. The maximum absolute atomic E-state index is 12.0. The number of carbonyl (C=O) groups is 2. The fraction of sp³-hybridized carbons (Fsp3) is 0.318. The van der Waals surface area contributed by atoms with Gasteiger partial charge in [0.05, 0.1) is 12.1 Å². The first kappa shape index (κ1) is 20.2. The number of carboxylic acid groups (broad SMARTS) is 2. The summed E-state index contributed by atoms with van der Waals surface area (Å²) in [4.78, 5) is 24.9. The number of rotatable bonds is 7. The van der Waals surface area contributed by atoms with Crippen LogP contribution in [0.25, 0.3) is 0 Å². The Morgan fingerprint density at radius 2 is 1.83 bits per heavy atom. The van der Waals surface area contributed by atoms with Gasteiger partial charge in [-0.05, 0) is 42.5 Å². The molecule has 1 aliphatic rings. The molecular weight excluding hydrogens is 372 g/mol. The topological polar surface area (TPSA) is 111 Å². The Kier molecular flexibility index (Phi) is 6.03. The third-order valence-electron chi connectivity index (χ3n) is 5.37. The number of carboxylic acids is 1. The van der Waals surface area contributed by atoms with E-state index in [-0.39, 0.29) is 19.3 Å². The van der Waals surface area contributed by atoms with Crippen molar-refractivity contribution in [3.05, 3.63) is 65.7 Å². The van der Waals surface area contributed by atoms with Crippen molar-refractivity contribution < 1.29 is 24.5 Å². The first-order valence-electron chi connectivity index (χ1n) is 9.37. The minimum atomic E-state index is -1.57. The van der Waals surface area contributed by atoms with Gasteiger partial charge in [-0.3, -0.25) is 4.90 Å². The molecule has 0 unspecified atom stereocenters. The molecule has 1 saturated heterocycles. The Bertz CT molecular complexity index is 907. The van der Waals surface area contributed by atoms with E-state index in [2.05, 4.69) is 0 Å². The standard InChI is InChI=1S/C22H22N2O5/c23-14-4-12-22(20(25)26)13-11-19(24(22)21(27)28)17-7-9-18(10-8-17)29-15-16-5-2-1-3-6-16/h1-3,5-10,19H,4,11-13,15H2,(H,25,26)(H,27,28)/t19-,22+/m1/s1. The van der Waals surface area contributed by atoms with Gasteiger partial charge in [-0.2, -0.15) is 5.26 Å². The fourth-order valence-electron chi connectivity index (χ4n) is 3.91. The van der Waals surface area contributed by atoms with Crippen LogP contribution in [0.15, 0.2) is 54.6 Å². The van der Waals surface area contributed by atoms with Crippen LogP contribution in [0, 0.1) is 11.3 Å². The number of likely N-dealkylation sites (tertiary alicyclic amines) is 1. The van der Waals surface area contributed by atoms with Gasteiger partial charge in [-0.25, -0.2) is 9.59 Å². The van der Waals surface area contributed by atoms with Crippen molar-refractivity contribution in [3.63, 3.8) is 0 Å². The van der Waals surface area contributed by atoms with E-state index < -0.39 is 23.6 Å². The average Bonchev–Trinajstić information content (AvgIpc) is 3.13. The quantitative estimate of drug-likeness (QED) is 0.728. The van der Waals surface area contributed by atoms with E-state index in [1.165, 1.54) is 0 Å². The van der Waals surface area contributed by atoms with Crippen molar-refractivity contribution in [2.24, 2.45) is 0 Å². The summed E-state index contributed by atoms with van der Waals surface area (Å²) in [6.07, 6.45) is -0.784. The molecule has 2 N–H and O–H groups in total. The molecule has 0 bridgehead atoms. The second-order valence-electron chi connectivity index (χ2n) is 7.05. The number of aliphatic carboxylic acids is 1. The molecule has 0 aliphatic carbocycles. The van der Waals surface area contributed by atoms with Gasteiger partial charge in [0.15, 0.2) is 0 Å². The molecular formula is C22H22N2O5. The monoisotopic (exact) mass is 394 g/mol. The molecule has 0 saturated carbocycles. The molecule has 150 valence electrons. The van der Waals surface area contributed by atoms with Gasteiger partial charge in [-0.1, -0.05) is 42.5 Å². The molecule has 0 radical (unpaired) electrons. The van der Waals surface area contributed by atoms with Crippen LogP contribution < -0.4 is 4.74 Å². The summed E-state index contributed by atoms with van der Waals surface area (Å²) in [5.41, 5.74) is 0.169. The number of nitriles is 1. The molecule has 1 amide bonds. The van der Waals surface area contributed by atoms with Crippen LogP contribution in [0.2, 0.25) is 0 Å². The molecule has 29 heavy (non-hydrogen) atoms. The lowest BCUT2D eigenvalue weighted by Crippen LogP contribution is -2.53. The average molecular weight is 394 g/mol. The first-order chi connectivity index (χ1) is 14.0. The van der Waals surface area contributed by atoms with Crippen LogP contribution in [0.5, 0.6) is 5.75 Å². The summed E-state index contributed by atoms with van der Waals surface area (Å²) in [7, 11) is 0. The molecule has 7 nitrogen and oxygen atoms in total. The zero-order valence-corrected chi connectivity index (χ0v) is 15.8. The largest absolute Gasteiger partial charge is 0.489 e. The normalized spacial score (nSPS) is 20.8. The molecule has 2 atom stereocenters. The maximum Gasteiger partial charge on any atom is 0.408 e. The number of hydrogen-bond donors (Lipinski definition) is 2. The molecule has 0 spiro atoms. The summed E-state index contributed by atoms with van der Waals surface area (Å²) in [6, 6.07) is 18.1. The van der Waals surface area contributed by atoms with E-state index in [0.29, 0.717) is 24.3 Å². The molecule has 1 aliphatic heterocycles. The number of ether oxygens (including phenoxy) is 1. The van der Waals surface area contributed by atoms with Crippen LogP contribution in [0.1, 0.15) is 42.9 Å². The van der Waals surface area contributed by atoms with Crippen LogP contribution in [-0.2, 0) is 11.4 Å². The van der Waals surface area contributed by atoms with Crippen molar-refractivity contribution in [2.75, 3.05) is 0 Å². The Morgan fingerprint density at radius 1 is 1.14 bits per heavy atom. The summed E-state index contributed by atoms with van der Waals surface area (Å²) in [5, 5.41) is 28.4. The Balaban J connectivity index is 1.77. The van der Waals surface area contributed by atoms with Gasteiger partial charge in [0.1, 0.15) is 17.9 Å². The first-order valence-corrected chi connectivity index (χ1v) is 9.37. The predicted octanol–water partition coefficient (Wildman–Crippen LogP) is 4.21. The van der Waals surface area contributed by atoms with Crippen molar-refractivity contribution in [3.8, 4) is 11.8 Å². The molecule has 0 aromatic heterocycles. The molecule has 2 aromatic carbocycles. The van der Waals surface area contributed by atoms with Gasteiger partial charge < -0.3 is 14.9 Å². The van der Waals surface area contributed by atoms with Crippen molar-refractivity contribution in [2.45, 2.75) is 43.9 Å². The van der Waals surface area contributed by atoms with Gasteiger partial charge >= 0.3 is 12.1 Å². The smallest absolute Gasteiger partial charge is 0.408 e. The lowest BCUT2D eigenvalue weighted by molar-refractivity contribution is -0.149.